The summed E-state index contributed by atoms with van der Waals surface area (Å²) in [5.74, 6) is 0.813. The molecule has 0 amide bonds. The third-order valence-electron chi connectivity index (χ3n) is 5.75. The van der Waals surface area contributed by atoms with Crippen LogP contribution in [0.5, 0.6) is 0 Å². The molecular weight excluding hydrogens is 427 g/mol. The third-order valence-corrected chi connectivity index (χ3v) is 6.01. The van der Waals surface area contributed by atoms with Crippen LogP contribution >= 0.6 is 11.6 Å². The largest absolute Gasteiger partial charge is 0.419 e. The van der Waals surface area contributed by atoms with Crippen LogP contribution in [0.15, 0.2) is 83.3 Å². The molecule has 1 saturated heterocycles. The Bertz CT molecular complexity index is 1170. The topological polar surface area (TPSA) is 45.4 Å². The second-order valence-electron chi connectivity index (χ2n) is 7.74. The first-order valence-corrected chi connectivity index (χ1v) is 10.9. The molecule has 0 saturated carbocycles. The maximum Gasteiger partial charge on any atom is 0.247 e. The Morgan fingerprint density at radius 2 is 1.50 bits per heavy atom. The number of hydrogen-bond donors (Lipinski definition) is 0. The maximum absolute atomic E-state index is 14.3. The summed E-state index contributed by atoms with van der Waals surface area (Å²) in [6.07, 6.45) is 0. The van der Waals surface area contributed by atoms with Crippen LogP contribution in [0.4, 0.5) is 10.1 Å². The predicted molar refractivity (Wildman–Crippen MR) is 123 cm³/mol. The van der Waals surface area contributed by atoms with Gasteiger partial charge in [-0.1, -0.05) is 54.1 Å². The number of piperazine rings is 1. The van der Waals surface area contributed by atoms with E-state index in [9.17, 15) is 4.39 Å². The number of anilines is 1. The van der Waals surface area contributed by atoms with Crippen molar-refractivity contribution in [2.75, 3.05) is 31.1 Å². The molecule has 0 N–H and O–H groups in total. The molecule has 4 aromatic rings. The van der Waals surface area contributed by atoms with Gasteiger partial charge in [0.25, 0.3) is 0 Å². The summed E-state index contributed by atoms with van der Waals surface area (Å²) in [6, 6.07) is 24.2. The summed E-state index contributed by atoms with van der Waals surface area (Å²) < 4.78 is 20.4. The van der Waals surface area contributed by atoms with Crippen molar-refractivity contribution in [3.05, 3.63) is 101 Å². The van der Waals surface area contributed by atoms with E-state index in [1.165, 1.54) is 6.07 Å². The molecule has 1 aliphatic rings. The van der Waals surface area contributed by atoms with Crippen LogP contribution in [0.1, 0.15) is 17.5 Å². The van der Waals surface area contributed by atoms with Gasteiger partial charge >= 0.3 is 0 Å². The van der Waals surface area contributed by atoms with Crippen molar-refractivity contribution in [3.63, 3.8) is 0 Å². The van der Waals surface area contributed by atoms with E-state index < -0.39 is 0 Å². The molecule has 1 aliphatic heterocycles. The highest BCUT2D eigenvalue weighted by Gasteiger charge is 2.31. The first-order chi connectivity index (χ1) is 15.7. The number of aromatic nitrogens is 2. The molecule has 162 valence electrons. The van der Waals surface area contributed by atoms with Crippen LogP contribution in [0.2, 0.25) is 5.02 Å². The molecule has 1 fully saturated rings. The minimum Gasteiger partial charge on any atom is -0.419 e. The lowest BCUT2D eigenvalue weighted by Gasteiger charge is -2.39. The number of para-hydroxylation sites is 1. The van der Waals surface area contributed by atoms with Crippen molar-refractivity contribution in [2.24, 2.45) is 0 Å². The van der Waals surface area contributed by atoms with Crippen LogP contribution in [-0.4, -0.2) is 41.3 Å². The van der Waals surface area contributed by atoms with Gasteiger partial charge in [-0.25, -0.2) is 4.39 Å². The lowest BCUT2D eigenvalue weighted by Crippen LogP contribution is -2.48. The van der Waals surface area contributed by atoms with Crippen LogP contribution in [0, 0.1) is 5.82 Å². The van der Waals surface area contributed by atoms with Gasteiger partial charge in [0, 0.05) is 36.8 Å². The molecule has 0 aliphatic carbocycles. The molecule has 7 heteroatoms. The Balaban J connectivity index is 1.41. The summed E-state index contributed by atoms with van der Waals surface area (Å²) in [5.41, 5.74) is 2.55. The zero-order chi connectivity index (χ0) is 21.9. The Morgan fingerprint density at radius 3 is 2.22 bits per heavy atom. The standard InChI is InChI=1S/C25H22ClFN4O/c26-20-12-10-19(11-13-20)24-28-29-25(32-24)23(18-6-2-1-3-7-18)31-16-14-30(15-17-31)22-9-5-4-8-21(22)27/h1-13,23H,14-17H2. The van der Waals surface area contributed by atoms with Crippen molar-refractivity contribution < 1.29 is 8.81 Å². The molecule has 1 aromatic heterocycles. The van der Waals surface area contributed by atoms with Gasteiger partial charge in [0.2, 0.25) is 11.8 Å². The summed E-state index contributed by atoms with van der Waals surface area (Å²) in [7, 11) is 0. The summed E-state index contributed by atoms with van der Waals surface area (Å²) in [6.45, 7) is 2.91. The zero-order valence-corrected chi connectivity index (χ0v) is 18.1. The molecule has 5 rings (SSSR count). The summed E-state index contributed by atoms with van der Waals surface area (Å²) >= 11 is 6.00. The van der Waals surface area contributed by atoms with Crippen molar-refractivity contribution in [1.29, 1.82) is 0 Å². The van der Waals surface area contributed by atoms with Crippen LogP contribution in [0.25, 0.3) is 11.5 Å². The Labute approximate surface area is 191 Å². The SMILES string of the molecule is Fc1ccccc1N1CCN(C(c2ccccc2)c2nnc(-c3ccc(Cl)cc3)o2)CC1. The second kappa shape index (κ2) is 9.10. The second-order valence-corrected chi connectivity index (χ2v) is 8.18. The minimum absolute atomic E-state index is 0.174. The highest BCUT2D eigenvalue weighted by molar-refractivity contribution is 6.30. The molecule has 1 unspecified atom stereocenters. The van der Waals surface area contributed by atoms with Crippen molar-refractivity contribution in [2.45, 2.75) is 6.04 Å². The molecular formula is C25H22ClFN4O. The van der Waals surface area contributed by atoms with Gasteiger partial charge < -0.3 is 9.32 Å². The molecule has 5 nitrogen and oxygen atoms in total. The van der Waals surface area contributed by atoms with Crippen molar-refractivity contribution in [1.82, 2.24) is 15.1 Å². The highest BCUT2D eigenvalue weighted by Crippen LogP contribution is 2.32. The molecule has 2 heterocycles. The fraction of sp³-hybridized carbons (Fsp3) is 0.200. The summed E-state index contributed by atoms with van der Waals surface area (Å²) in [5, 5.41) is 9.33. The Kier molecular flexibility index (Phi) is 5.88. The lowest BCUT2D eigenvalue weighted by molar-refractivity contribution is 0.187. The molecule has 0 radical (unpaired) electrons. The van der Waals surface area contributed by atoms with E-state index in [4.69, 9.17) is 16.0 Å². The van der Waals surface area contributed by atoms with Gasteiger partial charge in [-0.05, 0) is 42.0 Å². The van der Waals surface area contributed by atoms with Gasteiger partial charge in [0.05, 0.1) is 5.69 Å². The number of benzene rings is 3. The van der Waals surface area contributed by atoms with E-state index in [-0.39, 0.29) is 11.9 Å². The lowest BCUT2D eigenvalue weighted by atomic mass is 10.0. The third kappa shape index (κ3) is 4.24. The van der Waals surface area contributed by atoms with E-state index in [0.717, 1.165) is 24.2 Å². The smallest absolute Gasteiger partial charge is 0.247 e. The van der Waals surface area contributed by atoms with E-state index in [2.05, 4.69) is 32.1 Å². The average molecular weight is 449 g/mol. The molecule has 0 bridgehead atoms. The zero-order valence-electron chi connectivity index (χ0n) is 17.4. The normalized spacial score (nSPS) is 15.6. The quantitative estimate of drug-likeness (QED) is 0.406. The Hall–Kier alpha value is -3.22. The van der Waals surface area contributed by atoms with Gasteiger partial charge in [-0.2, -0.15) is 0 Å². The number of hydrogen-bond acceptors (Lipinski definition) is 5. The van der Waals surface area contributed by atoms with Crippen LogP contribution < -0.4 is 4.90 Å². The van der Waals surface area contributed by atoms with Crippen molar-refractivity contribution in [3.8, 4) is 11.5 Å². The average Bonchev–Trinajstić information content (AvgIpc) is 3.31. The first-order valence-electron chi connectivity index (χ1n) is 10.6. The Morgan fingerprint density at radius 1 is 0.812 bits per heavy atom. The number of halogens is 2. The van der Waals surface area contributed by atoms with Crippen LogP contribution in [0.3, 0.4) is 0 Å². The minimum atomic E-state index is -0.190. The van der Waals surface area contributed by atoms with Gasteiger partial charge in [-0.15, -0.1) is 10.2 Å². The number of rotatable bonds is 5. The fourth-order valence-electron chi connectivity index (χ4n) is 4.13. The van der Waals surface area contributed by atoms with E-state index in [1.54, 1.807) is 18.2 Å². The van der Waals surface area contributed by atoms with Crippen molar-refractivity contribution >= 4 is 17.3 Å². The molecule has 1 atom stereocenters. The highest BCUT2D eigenvalue weighted by atomic mass is 35.5. The first kappa shape index (κ1) is 20.7. The fourth-order valence-corrected chi connectivity index (χ4v) is 4.25. The predicted octanol–water partition coefficient (Wildman–Crippen LogP) is 5.44. The summed E-state index contributed by atoms with van der Waals surface area (Å²) in [4.78, 5) is 4.40. The monoisotopic (exact) mass is 448 g/mol. The van der Waals surface area contributed by atoms with Gasteiger partial charge in [0.15, 0.2) is 0 Å². The van der Waals surface area contributed by atoms with Gasteiger partial charge in [-0.3, -0.25) is 4.90 Å². The van der Waals surface area contributed by atoms with E-state index in [1.807, 2.05) is 42.5 Å². The molecule has 0 spiro atoms. The van der Waals surface area contributed by atoms with Crippen LogP contribution in [-0.2, 0) is 0 Å². The maximum atomic E-state index is 14.3. The molecule has 32 heavy (non-hydrogen) atoms. The number of nitrogens with zero attached hydrogens (tertiary/aromatic N) is 4. The molecule has 3 aromatic carbocycles. The van der Waals surface area contributed by atoms with Gasteiger partial charge in [0.1, 0.15) is 11.9 Å². The van der Waals surface area contributed by atoms with E-state index >= 15 is 0 Å². The van der Waals surface area contributed by atoms with E-state index in [0.29, 0.717) is 35.6 Å².